The van der Waals surface area contributed by atoms with Crippen LogP contribution in [0, 0.1) is 11.7 Å². The summed E-state index contributed by atoms with van der Waals surface area (Å²) in [6.07, 6.45) is 12.1. The fourth-order valence-corrected chi connectivity index (χ4v) is 4.26. The van der Waals surface area contributed by atoms with E-state index in [0.29, 0.717) is 11.4 Å². The van der Waals surface area contributed by atoms with Crippen LogP contribution in [0.1, 0.15) is 48.5 Å². The highest BCUT2D eigenvalue weighted by Crippen LogP contribution is 2.27. The summed E-state index contributed by atoms with van der Waals surface area (Å²) >= 11 is 0. The summed E-state index contributed by atoms with van der Waals surface area (Å²) in [6, 6.07) is 7.81. The van der Waals surface area contributed by atoms with E-state index in [-0.39, 0.29) is 11.9 Å². The first-order chi connectivity index (χ1) is 13.7. The molecule has 28 heavy (non-hydrogen) atoms. The van der Waals surface area contributed by atoms with Crippen molar-refractivity contribution in [1.29, 1.82) is 0 Å². The average Bonchev–Trinajstić information content (AvgIpc) is 3.17. The zero-order chi connectivity index (χ0) is 19.3. The molecule has 1 aromatic carbocycles. The minimum atomic E-state index is -0.415. The first kappa shape index (κ1) is 18.9. The van der Waals surface area contributed by atoms with Crippen molar-refractivity contribution in [2.75, 3.05) is 25.0 Å². The molecule has 6 heteroatoms. The molecule has 4 rings (SSSR count). The second-order valence-corrected chi connectivity index (χ2v) is 7.81. The molecule has 5 nitrogen and oxygen atoms in total. The van der Waals surface area contributed by atoms with Crippen molar-refractivity contribution in [2.24, 2.45) is 5.92 Å². The topological polar surface area (TPSA) is 50.2 Å². The predicted molar refractivity (Wildman–Crippen MR) is 108 cm³/mol. The molecule has 0 saturated carbocycles. The van der Waals surface area contributed by atoms with Gasteiger partial charge in [-0.2, -0.15) is 5.10 Å². The number of amides is 1. The summed E-state index contributed by atoms with van der Waals surface area (Å²) in [6.45, 7) is 3.30. The van der Waals surface area contributed by atoms with E-state index >= 15 is 0 Å². The number of nitrogens with zero attached hydrogens (tertiary/aromatic N) is 3. The normalized spacial score (nSPS) is 21.0. The first-order valence-electron chi connectivity index (χ1n) is 10.2. The number of halogens is 1. The van der Waals surface area contributed by atoms with E-state index in [2.05, 4.69) is 27.5 Å². The Morgan fingerprint density at radius 2 is 2.04 bits per heavy atom. The molecule has 0 radical (unpaired) electrons. The molecule has 1 atom stereocenters. The average molecular weight is 382 g/mol. The lowest BCUT2D eigenvalue weighted by molar-refractivity contribution is 0.102. The lowest BCUT2D eigenvalue weighted by Gasteiger charge is -2.35. The Bertz CT molecular complexity index is 839. The third-order valence-corrected chi connectivity index (χ3v) is 5.80. The van der Waals surface area contributed by atoms with Gasteiger partial charge in [0.05, 0.1) is 12.2 Å². The number of nitrogens with one attached hydrogen (secondary N) is 1. The van der Waals surface area contributed by atoms with Crippen molar-refractivity contribution in [3.63, 3.8) is 0 Å². The van der Waals surface area contributed by atoms with E-state index in [4.69, 9.17) is 0 Å². The molecule has 1 aliphatic heterocycles. The van der Waals surface area contributed by atoms with Crippen LogP contribution in [0.15, 0.2) is 48.7 Å². The summed E-state index contributed by atoms with van der Waals surface area (Å²) in [5.74, 6) is 0.725. The van der Waals surface area contributed by atoms with Crippen LogP contribution < -0.4 is 5.32 Å². The van der Waals surface area contributed by atoms with Crippen LogP contribution in [0.2, 0.25) is 0 Å². The Morgan fingerprint density at radius 1 is 1.18 bits per heavy atom. The number of carbonyl (C=O) groups excluding carboxylic acids is 1. The number of benzene rings is 1. The van der Waals surface area contributed by atoms with Gasteiger partial charge in [0, 0.05) is 31.3 Å². The highest BCUT2D eigenvalue weighted by Gasteiger charge is 2.25. The highest BCUT2D eigenvalue weighted by atomic mass is 19.1. The van der Waals surface area contributed by atoms with Gasteiger partial charge in [0.1, 0.15) is 11.6 Å². The third kappa shape index (κ3) is 4.50. The van der Waals surface area contributed by atoms with E-state index in [1.54, 1.807) is 24.4 Å². The smallest absolute Gasteiger partial charge is 0.256 e. The molecule has 2 heterocycles. The van der Waals surface area contributed by atoms with Crippen LogP contribution in [0.5, 0.6) is 0 Å². The SMILES string of the molecule is O=C(Nc1ccnn1C1CCN(CC2CC=CCC2)CC1)c1cccc(F)c1. The quantitative estimate of drug-likeness (QED) is 0.786. The zero-order valence-electron chi connectivity index (χ0n) is 16.1. The summed E-state index contributed by atoms with van der Waals surface area (Å²) in [4.78, 5) is 15.0. The number of hydrogen-bond acceptors (Lipinski definition) is 3. The largest absolute Gasteiger partial charge is 0.307 e. The fraction of sp³-hybridized carbons (Fsp3) is 0.455. The van der Waals surface area contributed by atoms with Gasteiger partial charge in [0.2, 0.25) is 0 Å². The maximum absolute atomic E-state index is 13.4. The molecule has 1 aliphatic carbocycles. The minimum Gasteiger partial charge on any atom is -0.307 e. The van der Waals surface area contributed by atoms with Gasteiger partial charge in [-0.1, -0.05) is 18.2 Å². The number of aromatic nitrogens is 2. The van der Waals surface area contributed by atoms with Crippen molar-refractivity contribution >= 4 is 11.7 Å². The summed E-state index contributed by atoms with van der Waals surface area (Å²) in [5.41, 5.74) is 0.309. The fourth-order valence-electron chi connectivity index (χ4n) is 4.26. The number of piperidine rings is 1. The van der Waals surface area contributed by atoms with E-state index in [0.717, 1.165) is 31.8 Å². The molecule has 1 saturated heterocycles. The van der Waals surface area contributed by atoms with Crippen molar-refractivity contribution in [3.8, 4) is 0 Å². The maximum atomic E-state index is 13.4. The Morgan fingerprint density at radius 3 is 2.79 bits per heavy atom. The van der Waals surface area contributed by atoms with E-state index in [1.807, 2.05) is 4.68 Å². The van der Waals surface area contributed by atoms with Crippen LogP contribution >= 0.6 is 0 Å². The van der Waals surface area contributed by atoms with Gasteiger partial charge in [0.25, 0.3) is 5.91 Å². The summed E-state index contributed by atoms with van der Waals surface area (Å²) in [7, 11) is 0. The van der Waals surface area contributed by atoms with E-state index in [1.165, 1.54) is 37.9 Å². The van der Waals surface area contributed by atoms with Crippen LogP contribution in [0.4, 0.5) is 10.2 Å². The summed E-state index contributed by atoms with van der Waals surface area (Å²) in [5, 5.41) is 7.33. The van der Waals surface area contributed by atoms with Crippen LogP contribution in [0.25, 0.3) is 0 Å². The molecule has 0 bridgehead atoms. The Balaban J connectivity index is 1.34. The zero-order valence-corrected chi connectivity index (χ0v) is 16.1. The van der Waals surface area contributed by atoms with Gasteiger partial charge < -0.3 is 10.2 Å². The minimum absolute atomic E-state index is 0.278. The monoisotopic (exact) mass is 382 g/mol. The Labute approximate surface area is 165 Å². The van der Waals surface area contributed by atoms with Crippen molar-refractivity contribution in [2.45, 2.75) is 38.1 Å². The lowest BCUT2D eigenvalue weighted by Crippen LogP contribution is -2.38. The molecule has 1 fully saturated rings. The van der Waals surface area contributed by atoms with Crippen LogP contribution in [-0.4, -0.2) is 40.2 Å². The van der Waals surface area contributed by atoms with Crippen LogP contribution in [-0.2, 0) is 0 Å². The van der Waals surface area contributed by atoms with Gasteiger partial charge in [-0.05, 0) is 56.2 Å². The molecule has 2 aliphatic rings. The Kier molecular flexibility index (Phi) is 5.86. The lowest BCUT2D eigenvalue weighted by atomic mass is 9.93. The standard InChI is InChI=1S/C22H27FN4O/c23-19-8-4-7-18(15-19)22(28)25-21-9-12-24-27(21)20-10-13-26(14-11-20)16-17-5-2-1-3-6-17/h1-2,4,7-9,12,15,17,20H,3,5-6,10-11,13-14,16H2,(H,25,28). The molecule has 1 N–H and O–H groups in total. The van der Waals surface area contributed by atoms with Gasteiger partial charge in [-0.3, -0.25) is 4.79 Å². The number of likely N-dealkylation sites (tertiary alicyclic amines) is 1. The van der Waals surface area contributed by atoms with Crippen molar-refractivity contribution in [1.82, 2.24) is 14.7 Å². The first-order valence-corrected chi connectivity index (χ1v) is 10.2. The van der Waals surface area contributed by atoms with Crippen molar-refractivity contribution in [3.05, 3.63) is 60.1 Å². The molecule has 1 unspecified atom stereocenters. The number of allylic oxidation sites excluding steroid dienone is 2. The number of anilines is 1. The molecule has 1 aromatic heterocycles. The molecule has 2 aromatic rings. The third-order valence-electron chi connectivity index (χ3n) is 5.80. The molecular formula is C22H27FN4O. The van der Waals surface area contributed by atoms with Gasteiger partial charge in [-0.25, -0.2) is 9.07 Å². The van der Waals surface area contributed by atoms with Crippen LogP contribution in [0.3, 0.4) is 0 Å². The van der Waals surface area contributed by atoms with E-state index < -0.39 is 5.82 Å². The van der Waals surface area contributed by atoms with E-state index in [9.17, 15) is 9.18 Å². The van der Waals surface area contributed by atoms with Gasteiger partial charge >= 0.3 is 0 Å². The number of rotatable bonds is 5. The second kappa shape index (κ2) is 8.69. The Hall–Kier alpha value is -2.47. The molecule has 148 valence electrons. The van der Waals surface area contributed by atoms with Crippen molar-refractivity contribution < 1.29 is 9.18 Å². The molecule has 1 amide bonds. The van der Waals surface area contributed by atoms with Gasteiger partial charge in [0.15, 0.2) is 0 Å². The highest BCUT2D eigenvalue weighted by molar-refractivity contribution is 6.03. The molecular weight excluding hydrogens is 355 g/mol. The number of carbonyl (C=O) groups is 1. The predicted octanol–water partition coefficient (Wildman–Crippen LogP) is 4.27. The maximum Gasteiger partial charge on any atom is 0.256 e. The van der Waals surface area contributed by atoms with Gasteiger partial charge in [-0.15, -0.1) is 0 Å². The molecule has 0 spiro atoms. The summed E-state index contributed by atoms with van der Waals surface area (Å²) < 4.78 is 15.3. The number of hydrogen-bond donors (Lipinski definition) is 1. The second-order valence-electron chi connectivity index (χ2n) is 7.81.